The average molecular weight is 155 g/mol. The highest BCUT2D eigenvalue weighted by atomic mass is 16.2. The molecule has 0 radical (unpaired) electrons. The molecule has 1 saturated carbocycles. The zero-order chi connectivity index (χ0) is 8.27. The molecule has 2 nitrogen and oxygen atoms in total. The standard InChI is InChI=1S/C8H18BNO/c1-7-3-5-8(6-4-7)10-9(2)11/h7-8,10-11H,3-6H2,1-2H3/t7-,8-. The maximum absolute atomic E-state index is 9.06. The zero-order valence-electron chi connectivity index (χ0n) is 7.51. The Labute approximate surface area is 69.5 Å². The van der Waals surface area contributed by atoms with E-state index in [1.54, 1.807) is 6.82 Å². The Morgan fingerprint density at radius 1 is 1.27 bits per heavy atom. The highest BCUT2D eigenvalue weighted by Crippen LogP contribution is 2.23. The average Bonchev–Trinajstić information content (AvgIpc) is 1.93. The minimum Gasteiger partial charge on any atom is -0.437 e. The first-order valence-electron chi connectivity index (χ1n) is 4.62. The zero-order valence-corrected chi connectivity index (χ0v) is 7.51. The van der Waals surface area contributed by atoms with E-state index in [9.17, 15) is 0 Å². The fourth-order valence-electron chi connectivity index (χ4n) is 1.77. The lowest BCUT2D eigenvalue weighted by Gasteiger charge is -2.27. The molecule has 0 aliphatic heterocycles. The van der Waals surface area contributed by atoms with Gasteiger partial charge in [-0.3, -0.25) is 0 Å². The Morgan fingerprint density at radius 2 is 1.82 bits per heavy atom. The summed E-state index contributed by atoms with van der Waals surface area (Å²) in [7, 11) is -0.339. The van der Waals surface area contributed by atoms with E-state index in [2.05, 4.69) is 12.2 Å². The van der Waals surface area contributed by atoms with E-state index in [0.29, 0.717) is 6.04 Å². The molecule has 0 aromatic heterocycles. The van der Waals surface area contributed by atoms with Crippen LogP contribution < -0.4 is 5.23 Å². The third-order valence-corrected chi connectivity index (χ3v) is 2.49. The van der Waals surface area contributed by atoms with Crippen molar-refractivity contribution in [1.82, 2.24) is 5.23 Å². The highest BCUT2D eigenvalue weighted by Gasteiger charge is 2.19. The highest BCUT2D eigenvalue weighted by molar-refractivity contribution is 6.45. The van der Waals surface area contributed by atoms with Crippen LogP contribution in [0.2, 0.25) is 6.82 Å². The lowest BCUT2D eigenvalue weighted by Crippen LogP contribution is -2.41. The summed E-state index contributed by atoms with van der Waals surface area (Å²) in [5, 5.41) is 12.2. The molecule has 1 fully saturated rings. The molecule has 0 spiro atoms. The van der Waals surface area contributed by atoms with Gasteiger partial charge >= 0.3 is 7.05 Å². The topological polar surface area (TPSA) is 32.3 Å². The third kappa shape index (κ3) is 3.26. The second kappa shape index (κ2) is 4.12. The van der Waals surface area contributed by atoms with Crippen molar-refractivity contribution in [2.24, 2.45) is 5.92 Å². The summed E-state index contributed by atoms with van der Waals surface area (Å²) in [6, 6.07) is 0.561. The van der Waals surface area contributed by atoms with Gasteiger partial charge in [0.15, 0.2) is 0 Å². The molecule has 0 atom stereocenters. The van der Waals surface area contributed by atoms with Gasteiger partial charge < -0.3 is 10.3 Å². The molecule has 0 bridgehead atoms. The molecule has 1 aliphatic carbocycles. The summed E-state index contributed by atoms with van der Waals surface area (Å²) in [4.78, 5) is 0. The van der Waals surface area contributed by atoms with E-state index >= 15 is 0 Å². The molecule has 11 heavy (non-hydrogen) atoms. The van der Waals surface area contributed by atoms with Crippen LogP contribution in [0.4, 0.5) is 0 Å². The molecule has 2 N–H and O–H groups in total. The molecule has 64 valence electrons. The van der Waals surface area contributed by atoms with Crippen LogP contribution in [0.1, 0.15) is 32.6 Å². The van der Waals surface area contributed by atoms with Crippen LogP contribution in [-0.2, 0) is 0 Å². The monoisotopic (exact) mass is 155 g/mol. The van der Waals surface area contributed by atoms with Crippen LogP contribution in [0.3, 0.4) is 0 Å². The van der Waals surface area contributed by atoms with Crippen molar-refractivity contribution >= 4 is 7.05 Å². The first-order chi connectivity index (χ1) is 5.18. The molecule has 0 aromatic rings. The maximum atomic E-state index is 9.06. The summed E-state index contributed by atoms with van der Waals surface area (Å²) in [6.45, 7) is 4.09. The molecule has 1 aliphatic rings. The van der Waals surface area contributed by atoms with Crippen molar-refractivity contribution in [3.05, 3.63) is 0 Å². The lowest BCUT2D eigenvalue weighted by atomic mass is 9.81. The fourth-order valence-corrected chi connectivity index (χ4v) is 1.77. The maximum Gasteiger partial charge on any atom is 0.373 e. The summed E-state index contributed by atoms with van der Waals surface area (Å²) < 4.78 is 0. The van der Waals surface area contributed by atoms with Crippen molar-refractivity contribution in [1.29, 1.82) is 0 Å². The summed E-state index contributed by atoms with van der Waals surface area (Å²) in [5.41, 5.74) is 0. The van der Waals surface area contributed by atoms with E-state index in [0.717, 1.165) is 5.92 Å². The second-order valence-electron chi connectivity index (χ2n) is 3.80. The first-order valence-corrected chi connectivity index (χ1v) is 4.62. The quantitative estimate of drug-likeness (QED) is 0.588. The van der Waals surface area contributed by atoms with Gasteiger partial charge in [-0.25, -0.2) is 0 Å². The Balaban J connectivity index is 2.17. The summed E-state index contributed by atoms with van der Waals surface area (Å²) in [6.07, 6.45) is 5.08. The fraction of sp³-hybridized carbons (Fsp3) is 1.00. The lowest BCUT2D eigenvalue weighted by molar-refractivity contribution is 0.325. The van der Waals surface area contributed by atoms with E-state index < -0.39 is 0 Å². The second-order valence-corrected chi connectivity index (χ2v) is 3.80. The minimum atomic E-state index is -0.339. The molecule has 0 saturated heterocycles. The van der Waals surface area contributed by atoms with Gasteiger partial charge in [0.1, 0.15) is 0 Å². The van der Waals surface area contributed by atoms with Gasteiger partial charge in [-0.15, -0.1) is 0 Å². The summed E-state index contributed by atoms with van der Waals surface area (Å²) >= 11 is 0. The molecular formula is C8H18BNO. The van der Waals surface area contributed by atoms with Gasteiger partial charge in [-0.1, -0.05) is 6.92 Å². The number of hydrogen-bond donors (Lipinski definition) is 2. The number of rotatable bonds is 2. The van der Waals surface area contributed by atoms with Gasteiger partial charge in [0.05, 0.1) is 0 Å². The van der Waals surface area contributed by atoms with Crippen molar-refractivity contribution in [3.8, 4) is 0 Å². The van der Waals surface area contributed by atoms with Crippen LogP contribution in [0.15, 0.2) is 0 Å². The first kappa shape index (κ1) is 9.08. The number of nitrogens with one attached hydrogen (secondary N) is 1. The third-order valence-electron chi connectivity index (χ3n) is 2.49. The SMILES string of the molecule is CB(O)N[C@H]1CC[C@H](C)CC1. The Kier molecular flexibility index (Phi) is 3.40. The van der Waals surface area contributed by atoms with Crippen LogP contribution in [-0.4, -0.2) is 18.1 Å². The van der Waals surface area contributed by atoms with Gasteiger partial charge in [-0.05, 0) is 44.5 Å². The number of hydrogen-bond acceptors (Lipinski definition) is 2. The molecule has 1 rings (SSSR count). The van der Waals surface area contributed by atoms with Gasteiger partial charge in [0.25, 0.3) is 0 Å². The van der Waals surface area contributed by atoms with Crippen LogP contribution in [0, 0.1) is 5.92 Å². The minimum absolute atomic E-state index is 0.339. The van der Waals surface area contributed by atoms with Crippen molar-refractivity contribution < 1.29 is 5.02 Å². The van der Waals surface area contributed by atoms with Gasteiger partial charge in [-0.2, -0.15) is 0 Å². The van der Waals surface area contributed by atoms with Gasteiger partial charge in [0, 0.05) is 0 Å². The normalized spacial score (nSPS) is 31.9. The Bertz CT molecular complexity index is 111. The smallest absolute Gasteiger partial charge is 0.373 e. The molecule has 0 amide bonds. The molecule has 3 heteroatoms. The predicted octanol–water partition coefficient (Wildman–Crippen LogP) is 1.26. The van der Waals surface area contributed by atoms with E-state index in [1.807, 2.05) is 0 Å². The summed E-state index contributed by atoms with van der Waals surface area (Å²) in [5.74, 6) is 0.891. The van der Waals surface area contributed by atoms with E-state index in [-0.39, 0.29) is 7.05 Å². The van der Waals surface area contributed by atoms with Crippen molar-refractivity contribution in [2.75, 3.05) is 0 Å². The van der Waals surface area contributed by atoms with Crippen molar-refractivity contribution in [3.63, 3.8) is 0 Å². The molecular weight excluding hydrogens is 137 g/mol. The van der Waals surface area contributed by atoms with Crippen LogP contribution in [0.5, 0.6) is 0 Å². The predicted molar refractivity (Wildman–Crippen MR) is 48.4 cm³/mol. The van der Waals surface area contributed by atoms with Crippen molar-refractivity contribution in [2.45, 2.75) is 45.5 Å². The molecule has 0 heterocycles. The van der Waals surface area contributed by atoms with E-state index in [1.165, 1.54) is 25.7 Å². The largest absolute Gasteiger partial charge is 0.437 e. The molecule has 0 aromatic carbocycles. The Morgan fingerprint density at radius 3 is 2.27 bits per heavy atom. The Hall–Kier alpha value is -0.0151. The van der Waals surface area contributed by atoms with E-state index in [4.69, 9.17) is 5.02 Å². The van der Waals surface area contributed by atoms with Crippen LogP contribution >= 0.6 is 0 Å². The van der Waals surface area contributed by atoms with Gasteiger partial charge in [0.2, 0.25) is 0 Å². The van der Waals surface area contributed by atoms with Crippen LogP contribution in [0.25, 0.3) is 0 Å². The molecule has 0 unspecified atom stereocenters.